The Kier molecular flexibility index (Phi) is 3.50. The van der Waals surface area contributed by atoms with Crippen molar-refractivity contribution in [2.24, 2.45) is 0 Å². The highest BCUT2D eigenvalue weighted by Crippen LogP contribution is 2.33. The van der Waals surface area contributed by atoms with E-state index in [2.05, 4.69) is 28.4 Å². The van der Waals surface area contributed by atoms with Gasteiger partial charge in [0.2, 0.25) is 0 Å². The third-order valence-corrected chi connectivity index (χ3v) is 4.96. The van der Waals surface area contributed by atoms with Gasteiger partial charge in [-0.1, -0.05) is 0 Å². The summed E-state index contributed by atoms with van der Waals surface area (Å²) in [6, 6.07) is 3.29. The average Bonchev–Trinajstić information content (AvgIpc) is 3.06. The molecular weight excluding hydrogens is 309 g/mol. The molecule has 0 saturated carbocycles. The molecule has 21 heavy (non-hydrogen) atoms. The van der Waals surface area contributed by atoms with Crippen LogP contribution >= 0.6 is 22.9 Å². The van der Waals surface area contributed by atoms with Crippen LogP contribution in [0.15, 0.2) is 23.7 Å². The Labute approximate surface area is 131 Å². The van der Waals surface area contributed by atoms with Crippen LogP contribution in [0.3, 0.4) is 0 Å². The highest BCUT2D eigenvalue weighted by molar-refractivity contribution is 7.09. The highest BCUT2D eigenvalue weighted by Gasteiger charge is 2.30. The predicted octanol–water partition coefficient (Wildman–Crippen LogP) is 4.46. The SMILES string of the molecule is Cc1cc2c(cc1F)nc(CCl)n2C(C)(C)c1nccs1. The second-order valence-electron chi connectivity index (χ2n) is 5.48. The third-order valence-electron chi connectivity index (χ3n) is 3.64. The van der Waals surface area contributed by atoms with Crippen molar-refractivity contribution in [3.8, 4) is 0 Å². The maximum atomic E-state index is 13.8. The molecule has 0 spiro atoms. The molecule has 2 heterocycles. The Morgan fingerprint density at radius 2 is 2.14 bits per heavy atom. The Morgan fingerprint density at radius 1 is 1.38 bits per heavy atom. The largest absolute Gasteiger partial charge is 0.315 e. The number of hydrogen-bond acceptors (Lipinski definition) is 3. The first-order chi connectivity index (χ1) is 9.95. The molecule has 3 nitrogen and oxygen atoms in total. The number of imidazole rings is 1. The number of benzene rings is 1. The Balaban J connectivity index is 2.33. The third kappa shape index (κ3) is 2.24. The molecule has 0 N–H and O–H groups in total. The van der Waals surface area contributed by atoms with Gasteiger partial charge in [0, 0.05) is 17.6 Å². The topological polar surface area (TPSA) is 30.7 Å². The first-order valence-corrected chi connectivity index (χ1v) is 8.00. The number of aryl methyl sites for hydroxylation is 1. The van der Waals surface area contributed by atoms with E-state index in [9.17, 15) is 4.39 Å². The van der Waals surface area contributed by atoms with Crippen molar-refractivity contribution >= 4 is 34.0 Å². The molecule has 6 heteroatoms. The summed E-state index contributed by atoms with van der Waals surface area (Å²) in [7, 11) is 0. The van der Waals surface area contributed by atoms with Crippen molar-refractivity contribution in [1.29, 1.82) is 0 Å². The van der Waals surface area contributed by atoms with Crippen LogP contribution in [0.4, 0.5) is 4.39 Å². The van der Waals surface area contributed by atoms with Gasteiger partial charge in [-0.2, -0.15) is 0 Å². The summed E-state index contributed by atoms with van der Waals surface area (Å²) in [6.07, 6.45) is 1.78. The van der Waals surface area contributed by atoms with E-state index < -0.39 is 5.54 Å². The fourth-order valence-electron chi connectivity index (χ4n) is 2.59. The van der Waals surface area contributed by atoms with Gasteiger partial charge in [0.25, 0.3) is 0 Å². The minimum atomic E-state index is -0.391. The second-order valence-corrected chi connectivity index (χ2v) is 6.65. The van der Waals surface area contributed by atoms with Gasteiger partial charge in [0.15, 0.2) is 0 Å². The Morgan fingerprint density at radius 3 is 2.76 bits per heavy atom. The van der Waals surface area contributed by atoms with Crippen LogP contribution < -0.4 is 0 Å². The smallest absolute Gasteiger partial charge is 0.128 e. The molecule has 0 radical (unpaired) electrons. The molecule has 0 saturated heterocycles. The zero-order valence-electron chi connectivity index (χ0n) is 12.0. The fraction of sp³-hybridized carbons (Fsp3) is 0.333. The van der Waals surface area contributed by atoms with E-state index in [4.69, 9.17) is 11.6 Å². The van der Waals surface area contributed by atoms with Crippen molar-refractivity contribution in [3.63, 3.8) is 0 Å². The van der Waals surface area contributed by atoms with Crippen LogP contribution in [0.2, 0.25) is 0 Å². The van der Waals surface area contributed by atoms with E-state index in [0.717, 1.165) is 16.3 Å². The van der Waals surface area contributed by atoms with Gasteiger partial charge in [-0.25, -0.2) is 14.4 Å². The molecular formula is C15H15ClFN3S. The number of halogens is 2. The lowest BCUT2D eigenvalue weighted by Crippen LogP contribution is -2.29. The number of fused-ring (bicyclic) bond motifs is 1. The molecule has 0 aliphatic heterocycles. The summed E-state index contributed by atoms with van der Waals surface area (Å²) in [5.41, 5.74) is 1.71. The van der Waals surface area contributed by atoms with Crippen molar-refractivity contribution in [2.45, 2.75) is 32.2 Å². The van der Waals surface area contributed by atoms with Gasteiger partial charge < -0.3 is 4.57 Å². The summed E-state index contributed by atoms with van der Waals surface area (Å²) >= 11 is 7.64. The van der Waals surface area contributed by atoms with Gasteiger partial charge in [0.1, 0.15) is 16.6 Å². The normalized spacial score (nSPS) is 12.2. The van der Waals surface area contributed by atoms with Crippen molar-refractivity contribution < 1.29 is 4.39 Å². The standard InChI is InChI=1S/C15H15ClFN3S/c1-9-6-12-11(7-10(9)17)19-13(8-16)20(12)15(2,3)14-18-4-5-21-14/h4-7H,8H2,1-3H3. The Hall–Kier alpha value is -1.46. The quantitative estimate of drug-likeness (QED) is 0.666. The maximum Gasteiger partial charge on any atom is 0.128 e. The zero-order chi connectivity index (χ0) is 15.2. The monoisotopic (exact) mass is 323 g/mol. The summed E-state index contributed by atoms with van der Waals surface area (Å²) in [5.74, 6) is 0.738. The van der Waals surface area contributed by atoms with Crippen LogP contribution in [0.1, 0.15) is 30.2 Å². The van der Waals surface area contributed by atoms with Gasteiger partial charge in [-0.3, -0.25) is 0 Å². The first kappa shape index (κ1) is 14.5. The van der Waals surface area contributed by atoms with E-state index >= 15 is 0 Å². The van der Waals surface area contributed by atoms with Gasteiger partial charge in [0.05, 0.1) is 22.5 Å². The van der Waals surface area contributed by atoms with Crippen molar-refractivity contribution in [3.05, 3.63) is 45.9 Å². The minimum absolute atomic E-state index is 0.250. The lowest BCUT2D eigenvalue weighted by atomic mass is 10.1. The molecule has 3 rings (SSSR count). The number of rotatable bonds is 3. The highest BCUT2D eigenvalue weighted by atomic mass is 35.5. The van der Waals surface area contributed by atoms with E-state index in [-0.39, 0.29) is 11.7 Å². The molecule has 0 bridgehead atoms. The van der Waals surface area contributed by atoms with Crippen LogP contribution in [0, 0.1) is 12.7 Å². The lowest BCUT2D eigenvalue weighted by molar-refractivity contribution is 0.434. The second kappa shape index (κ2) is 5.07. The fourth-order valence-corrected chi connectivity index (χ4v) is 3.52. The maximum absolute atomic E-state index is 13.8. The summed E-state index contributed by atoms with van der Waals surface area (Å²) < 4.78 is 15.8. The van der Waals surface area contributed by atoms with Crippen molar-refractivity contribution in [2.75, 3.05) is 0 Å². The number of alkyl halides is 1. The van der Waals surface area contributed by atoms with Crippen LogP contribution in [0.25, 0.3) is 11.0 Å². The van der Waals surface area contributed by atoms with Crippen LogP contribution in [-0.2, 0) is 11.4 Å². The summed E-state index contributed by atoms with van der Waals surface area (Å²) in [4.78, 5) is 8.90. The number of hydrogen-bond donors (Lipinski definition) is 0. The number of aromatic nitrogens is 3. The first-order valence-electron chi connectivity index (χ1n) is 6.59. The van der Waals surface area contributed by atoms with Gasteiger partial charge in [-0.15, -0.1) is 22.9 Å². The van der Waals surface area contributed by atoms with E-state index in [0.29, 0.717) is 11.1 Å². The summed E-state index contributed by atoms with van der Waals surface area (Å²) in [5, 5.41) is 2.91. The van der Waals surface area contributed by atoms with E-state index in [1.54, 1.807) is 24.5 Å². The molecule has 0 amide bonds. The molecule has 2 aromatic heterocycles. The zero-order valence-corrected chi connectivity index (χ0v) is 13.6. The molecule has 110 valence electrons. The average molecular weight is 324 g/mol. The Bertz CT molecular complexity index is 793. The lowest BCUT2D eigenvalue weighted by Gasteiger charge is -2.27. The van der Waals surface area contributed by atoms with Crippen molar-refractivity contribution in [1.82, 2.24) is 14.5 Å². The molecule has 0 fully saturated rings. The van der Waals surface area contributed by atoms with Gasteiger partial charge >= 0.3 is 0 Å². The molecule has 1 aromatic carbocycles. The van der Waals surface area contributed by atoms with E-state index in [1.807, 2.05) is 11.4 Å². The molecule has 0 atom stereocenters. The molecule has 0 unspecified atom stereocenters. The predicted molar refractivity (Wildman–Crippen MR) is 84.5 cm³/mol. The van der Waals surface area contributed by atoms with E-state index in [1.165, 1.54) is 6.07 Å². The minimum Gasteiger partial charge on any atom is -0.315 e. The number of nitrogens with zero attached hydrogens (tertiary/aromatic N) is 3. The molecule has 0 aliphatic carbocycles. The van der Waals surface area contributed by atoms with Crippen LogP contribution in [0.5, 0.6) is 0 Å². The summed E-state index contributed by atoms with van der Waals surface area (Å²) in [6.45, 7) is 5.90. The molecule has 0 aliphatic rings. The van der Waals surface area contributed by atoms with Crippen LogP contribution in [-0.4, -0.2) is 14.5 Å². The number of thiazole rings is 1. The van der Waals surface area contributed by atoms with Gasteiger partial charge in [-0.05, 0) is 32.4 Å². The molecule has 3 aromatic rings.